The fourth-order valence-electron chi connectivity index (χ4n) is 5.06. The molecule has 0 bridgehead atoms. The summed E-state index contributed by atoms with van der Waals surface area (Å²) in [6.07, 6.45) is 1.62. The molecule has 1 fully saturated rings. The van der Waals surface area contributed by atoms with E-state index in [1.54, 1.807) is 7.05 Å². The predicted octanol–water partition coefficient (Wildman–Crippen LogP) is 3.60. The quantitative estimate of drug-likeness (QED) is 0.425. The summed E-state index contributed by atoms with van der Waals surface area (Å²) < 4.78 is 11.4. The summed E-state index contributed by atoms with van der Waals surface area (Å²) in [7, 11) is 3.99. The molecule has 1 aliphatic heterocycles. The Hall–Kier alpha value is -3.01. The molecule has 0 saturated carbocycles. The van der Waals surface area contributed by atoms with E-state index in [9.17, 15) is 5.11 Å². The molecule has 3 heterocycles. The molecule has 1 aliphatic rings. The van der Waals surface area contributed by atoms with Crippen molar-refractivity contribution in [3.8, 4) is 28.4 Å². The molecular weight excluding hydrogens is 468 g/mol. The van der Waals surface area contributed by atoms with Crippen molar-refractivity contribution in [3.05, 3.63) is 41.3 Å². The van der Waals surface area contributed by atoms with Crippen LogP contribution in [-0.2, 0) is 0 Å². The van der Waals surface area contributed by atoms with Crippen LogP contribution in [0.5, 0.6) is 5.75 Å². The molecule has 2 atom stereocenters. The molecule has 0 aliphatic carbocycles. The fraction of sp³-hybridized carbons (Fsp3) is 0.536. The Morgan fingerprint density at radius 2 is 2.03 bits per heavy atom. The zero-order chi connectivity index (χ0) is 26.5. The Balaban J connectivity index is 1.79. The van der Waals surface area contributed by atoms with Gasteiger partial charge in [-0.25, -0.2) is 9.97 Å². The normalized spacial score (nSPS) is 17.3. The molecular formula is C28H40N6O3. The number of aryl methyl sites for hydroxylation is 2. The van der Waals surface area contributed by atoms with E-state index in [-0.39, 0.29) is 6.61 Å². The average Bonchev–Trinajstić information content (AvgIpc) is 3.21. The molecule has 9 heteroatoms. The van der Waals surface area contributed by atoms with E-state index in [1.165, 1.54) is 0 Å². The van der Waals surface area contributed by atoms with Gasteiger partial charge in [0, 0.05) is 43.3 Å². The lowest BCUT2D eigenvalue weighted by atomic mass is 10.0. The van der Waals surface area contributed by atoms with E-state index in [0.717, 1.165) is 72.1 Å². The molecule has 0 amide bonds. The molecule has 0 spiro atoms. The first-order chi connectivity index (χ1) is 17.8. The lowest BCUT2D eigenvalue weighted by molar-refractivity contribution is 0.108. The predicted molar refractivity (Wildman–Crippen MR) is 146 cm³/mol. The van der Waals surface area contributed by atoms with Gasteiger partial charge in [-0.3, -0.25) is 0 Å². The first-order valence-electron chi connectivity index (χ1n) is 13.1. The van der Waals surface area contributed by atoms with Crippen LogP contribution in [-0.4, -0.2) is 84.2 Å². The zero-order valence-electron chi connectivity index (χ0n) is 22.9. The van der Waals surface area contributed by atoms with Crippen LogP contribution in [0.2, 0.25) is 0 Å². The maximum Gasteiger partial charge on any atom is 0.162 e. The van der Waals surface area contributed by atoms with Crippen LogP contribution in [0, 0.1) is 20.8 Å². The Kier molecular flexibility index (Phi) is 8.79. The Morgan fingerprint density at radius 1 is 1.22 bits per heavy atom. The average molecular weight is 509 g/mol. The minimum atomic E-state index is -0.588. The number of rotatable bonds is 10. The molecule has 1 saturated heterocycles. The van der Waals surface area contributed by atoms with E-state index in [2.05, 4.69) is 41.2 Å². The van der Waals surface area contributed by atoms with Gasteiger partial charge in [0.05, 0.1) is 17.0 Å². The van der Waals surface area contributed by atoms with Crippen LogP contribution in [0.4, 0.5) is 5.82 Å². The summed E-state index contributed by atoms with van der Waals surface area (Å²) in [6, 6.07) is 8.13. The van der Waals surface area contributed by atoms with Gasteiger partial charge >= 0.3 is 0 Å². The number of benzene rings is 1. The van der Waals surface area contributed by atoms with Gasteiger partial charge in [0.15, 0.2) is 5.82 Å². The summed E-state index contributed by atoms with van der Waals surface area (Å²) in [5.74, 6) is 3.00. The number of nitrogens with one attached hydrogen (secondary N) is 1. The molecule has 3 aromatic rings. The molecule has 2 aromatic heterocycles. The number of anilines is 1. The maximum absolute atomic E-state index is 10.1. The summed E-state index contributed by atoms with van der Waals surface area (Å²) >= 11 is 0. The van der Waals surface area contributed by atoms with Gasteiger partial charge in [0.25, 0.3) is 0 Å². The van der Waals surface area contributed by atoms with Gasteiger partial charge in [-0.2, -0.15) is 0 Å². The number of likely N-dealkylation sites (N-methyl/N-ethyl adjacent to an activating group) is 2. The smallest absolute Gasteiger partial charge is 0.162 e. The number of aliphatic hydroxyl groups excluding tert-OH is 1. The van der Waals surface area contributed by atoms with E-state index in [4.69, 9.17) is 19.2 Å². The highest BCUT2D eigenvalue weighted by Crippen LogP contribution is 2.36. The zero-order valence-corrected chi connectivity index (χ0v) is 22.9. The lowest BCUT2D eigenvalue weighted by Gasteiger charge is -2.41. The van der Waals surface area contributed by atoms with Crippen molar-refractivity contribution in [2.45, 2.75) is 52.7 Å². The van der Waals surface area contributed by atoms with Gasteiger partial charge in [-0.15, -0.1) is 0 Å². The fourth-order valence-corrected chi connectivity index (χ4v) is 5.06. The van der Waals surface area contributed by atoms with Crippen molar-refractivity contribution in [2.24, 2.45) is 0 Å². The highest BCUT2D eigenvalue weighted by molar-refractivity contribution is 5.75. The summed E-state index contributed by atoms with van der Waals surface area (Å²) in [5, 5.41) is 17.2. The second-order valence-electron chi connectivity index (χ2n) is 9.99. The number of piperazine rings is 1. The molecule has 9 nitrogen and oxygen atoms in total. The summed E-state index contributed by atoms with van der Waals surface area (Å²) in [4.78, 5) is 15.1. The number of ether oxygens (including phenoxy) is 1. The first-order valence-corrected chi connectivity index (χ1v) is 13.1. The number of nitrogens with zero attached hydrogens (tertiary/aromatic N) is 5. The van der Waals surface area contributed by atoms with Gasteiger partial charge in [-0.05, 0) is 53.4 Å². The van der Waals surface area contributed by atoms with Crippen LogP contribution in [0.1, 0.15) is 36.8 Å². The third-order valence-electron chi connectivity index (χ3n) is 6.94. The van der Waals surface area contributed by atoms with E-state index in [0.29, 0.717) is 24.2 Å². The molecule has 1 aromatic carbocycles. The Bertz CT molecular complexity index is 1180. The number of aliphatic hydroxyl groups is 1. The third-order valence-corrected chi connectivity index (χ3v) is 6.94. The highest BCUT2D eigenvalue weighted by Gasteiger charge is 2.29. The Labute approximate surface area is 219 Å². The molecule has 0 radical (unpaired) electrons. The summed E-state index contributed by atoms with van der Waals surface area (Å²) in [6.45, 7) is 11.8. The maximum atomic E-state index is 10.1. The topological polar surface area (TPSA) is 99.8 Å². The highest BCUT2D eigenvalue weighted by atomic mass is 16.5. The van der Waals surface area contributed by atoms with Crippen molar-refractivity contribution in [1.29, 1.82) is 0 Å². The van der Waals surface area contributed by atoms with Crippen molar-refractivity contribution >= 4 is 5.82 Å². The minimum Gasteiger partial charge on any atom is -0.491 e. The van der Waals surface area contributed by atoms with Crippen LogP contribution < -0.4 is 15.0 Å². The molecule has 4 rings (SSSR count). The van der Waals surface area contributed by atoms with Crippen LogP contribution in [0.3, 0.4) is 0 Å². The molecule has 200 valence electrons. The lowest BCUT2D eigenvalue weighted by Crippen LogP contribution is -2.52. The van der Waals surface area contributed by atoms with Crippen molar-refractivity contribution in [3.63, 3.8) is 0 Å². The van der Waals surface area contributed by atoms with Gasteiger partial charge < -0.3 is 29.5 Å². The third kappa shape index (κ3) is 6.11. The number of hydrogen-bond acceptors (Lipinski definition) is 9. The summed E-state index contributed by atoms with van der Waals surface area (Å²) in [5.41, 5.74) is 4.48. The minimum absolute atomic E-state index is 0.203. The molecule has 37 heavy (non-hydrogen) atoms. The van der Waals surface area contributed by atoms with Crippen molar-refractivity contribution < 1.29 is 14.4 Å². The SMILES string of the molecule is CCC[C@H]1CN(C)CCN1c1nc(-c2cccc(OCC(O)CNC)c2)nc(-c2c(C)noc2C)c1C. The second kappa shape index (κ2) is 12.0. The van der Waals surface area contributed by atoms with Crippen molar-refractivity contribution in [1.82, 2.24) is 25.3 Å². The van der Waals surface area contributed by atoms with Gasteiger partial charge in [0.1, 0.15) is 30.0 Å². The number of hydrogen-bond donors (Lipinski definition) is 2. The van der Waals surface area contributed by atoms with Crippen LogP contribution in [0.15, 0.2) is 28.8 Å². The monoisotopic (exact) mass is 508 g/mol. The van der Waals surface area contributed by atoms with Crippen molar-refractivity contribution in [2.75, 3.05) is 51.8 Å². The van der Waals surface area contributed by atoms with Crippen LogP contribution >= 0.6 is 0 Å². The Morgan fingerprint density at radius 3 is 2.73 bits per heavy atom. The standard InChI is InChI=1S/C28H40N6O3/c1-7-9-22-16-33(6)12-13-34(22)28-18(2)26(25-19(3)32-37-20(25)4)30-27(31-28)21-10-8-11-24(14-21)36-17-23(35)15-29-5/h8,10-11,14,22-23,29,35H,7,9,12-13,15-17H2,1-6H3/t22-,23?/m0/s1. The number of aromatic nitrogens is 3. The van der Waals surface area contributed by atoms with Gasteiger partial charge in [-0.1, -0.05) is 30.6 Å². The van der Waals surface area contributed by atoms with E-state index < -0.39 is 6.10 Å². The van der Waals surface area contributed by atoms with E-state index >= 15 is 0 Å². The van der Waals surface area contributed by atoms with Gasteiger partial charge in [0.2, 0.25) is 0 Å². The van der Waals surface area contributed by atoms with Crippen LogP contribution in [0.25, 0.3) is 22.6 Å². The first kappa shape index (κ1) is 27.0. The second-order valence-corrected chi connectivity index (χ2v) is 9.99. The van der Waals surface area contributed by atoms with E-state index in [1.807, 2.05) is 38.1 Å². The molecule has 2 N–H and O–H groups in total. The largest absolute Gasteiger partial charge is 0.491 e. The molecule has 1 unspecified atom stereocenters.